The number of nitrogens with two attached hydrogens (primary N) is 1. The molecule has 2 aromatic rings. The number of hydrogen-bond donors (Lipinski definition) is 2. The van der Waals surface area contributed by atoms with Crippen molar-refractivity contribution in [2.45, 2.75) is 26.8 Å². The molecule has 0 atom stereocenters. The summed E-state index contributed by atoms with van der Waals surface area (Å²) < 4.78 is 40.1. The molecule has 2 aromatic carbocycles. The van der Waals surface area contributed by atoms with Gasteiger partial charge in [-0.05, 0) is 49.2 Å². The lowest BCUT2D eigenvalue weighted by Gasteiger charge is -2.10. The Balaban J connectivity index is 0.00000312. The number of benzene rings is 2. The monoisotopic (exact) mass is 465 g/mol. The molecule has 25 heavy (non-hydrogen) atoms. The fourth-order valence-electron chi connectivity index (χ4n) is 2.12. The first-order valence-corrected chi connectivity index (χ1v) is 7.22. The number of rotatable bonds is 4. The van der Waals surface area contributed by atoms with Crippen molar-refractivity contribution in [2.24, 2.45) is 10.7 Å². The van der Waals surface area contributed by atoms with Crippen LogP contribution < -0.4 is 15.8 Å². The van der Waals surface area contributed by atoms with E-state index in [4.69, 9.17) is 5.73 Å². The van der Waals surface area contributed by atoms with Crippen molar-refractivity contribution in [2.75, 3.05) is 5.32 Å². The van der Waals surface area contributed by atoms with Gasteiger partial charge in [0.15, 0.2) is 5.96 Å². The summed E-state index contributed by atoms with van der Waals surface area (Å²) in [5.41, 5.74) is 9.67. The third-order valence-electron chi connectivity index (χ3n) is 3.28. The Morgan fingerprint density at radius 3 is 2.32 bits per heavy atom. The maximum atomic E-state index is 12.1. The Kier molecular flexibility index (Phi) is 7.53. The molecular formula is C17H19F3IN3O. The highest BCUT2D eigenvalue weighted by atomic mass is 127. The molecule has 0 aromatic heterocycles. The van der Waals surface area contributed by atoms with E-state index in [-0.39, 0.29) is 35.7 Å². The molecule has 0 heterocycles. The van der Waals surface area contributed by atoms with Crippen LogP contribution in [0.25, 0.3) is 0 Å². The van der Waals surface area contributed by atoms with E-state index in [2.05, 4.69) is 21.1 Å². The van der Waals surface area contributed by atoms with E-state index >= 15 is 0 Å². The zero-order chi connectivity index (χ0) is 17.7. The number of ether oxygens (including phenoxy) is 1. The van der Waals surface area contributed by atoms with Crippen LogP contribution in [0.3, 0.4) is 0 Å². The van der Waals surface area contributed by atoms with Gasteiger partial charge < -0.3 is 15.8 Å². The number of nitrogens with one attached hydrogen (secondary N) is 1. The van der Waals surface area contributed by atoms with Gasteiger partial charge in [-0.15, -0.1) is 37.1 Å². The fourth-order valence-corrected chi connectivity index (χ4v) is 2.12. The molecule has 3 N–H and O–H groups in total. The number of aryl methyl sites for hydroxylation is 2. The molecular weight excluding hydrogens is 446 g/mol. The van der Waals surface area contributed by atoms with Gasteiger partial charge in [0, 0.05) is 5.69 Å². The molecule has 0 unspecified atom stereocenters. The molecule has 0 saturated carbocycles. The summed E-state index contributed by atoms with van der Waals surface area (Å²) in [4.78, 5) is 4.23. The van der Waals surface area contributed by atoms with Crippen molar-refractivity contribution in [3.8, 4) is 5.75 Å². The van der Waals surface area contributed by atoms with E-state index in [1.807, 2.05) is 26.0 Å². The van der Waals surface area contributed by atoms with Gasteiger partial charge in [-0.25, -0.2) is 4.99 Å². The largest absolute Gasteiger partial charge is 0.573 e. The van der Waals surface area contributed by atoms with Crippen molar-refractivity contribution >= 4 is 35.6 Å². The third kappa shape index (κ3) is 7.20. The number of aliphatic imine (C=N–C) groups is 1. The SMILES string of the molecule is Cc1ccc(CN=C(N)Nc2ccc(OC(F)(F)F)cc2)c(C)c1.I. The van der Waals surface area contributed by atoms with Gasteiger partial charge in [-0.1, -0.05) is 23.8 Å². The van der Waals surface area contributed by atoms with Crippen molar-refractivity contribution in [3.63, 3.8) is 0 Å². The fraction of sp³-hybridized carbons (Fsp3) is 0.235. The van der Waals surface area contributed by atoms with Gasteiger partial charge in [-0.3, -0.25) is 0 Å². The molecule has 2 rings (SSSR count). The Morgan fingerprint density at radius 2 is 1.76 bits per heavy atom. The highest BCUT2D eigenvalue weighted by Crippen LogP contribution is 2.23. The van der Waals surface area contributed by atoms with Crippen LogP contribution in [-0.4, -0.2) is 12.3 Å². The second kappa shape index (κ2) is 8.93. The first-order valence-electron chi connectivity index (χ1n) is 7.22. The van der Waals surface area contributed by atoms with Crippen LogP contribution in [0.1, 0.15) is 16.7 Å². The maximum Gasteiger partial charge on any atom is 0.573 e. The summed E-state index contributed by atoms with van der Waals surface area (Å²) in [7, 11) is 0. The summed E-state index contributed by atoms with van der Waals surface area (Å²) in [6.07, 6.45) is -4.71. The molecule has 0 radical (unpaired) electrons. The molecule has 136 valence electrons. The van der Waals surface area contributed by atoms with Crippen LogP contribution in [0, 0.1) is 13.8 Å². The van der Waals surface area contributed by atoms with Crippen molar-refractivity contribution in [3.05, 3.63) is 59.2 Å². The lowest BCUT2D eigenvalue weighted by atomic mass is 10.1. The molecule has 0 amide bonds. The average molecular weight is 465 g/mol. The minimum atomic E-state index is -4.71. The van der Waals surface area contributed by atoms with Crippen LogP contribution in [0.5, 0.6) is 5.75 Å². The molecule has 0 fully saturated rings. The second-order valence-corrected chi connectivity index (χ2v) is 5.33. The highest BCUT2D eigenvalue weighted by molar-refractivity contribution is 14.0. The minimum Gasteiger partial charge on any atom is -0.406 e. The minimum absolute atomic E-state index is 0. The Morgan fingerprint density at radius 1 is 1.12 bits per heavy atom. The van der Waals surface area contributed by atoms with E-state index in [0.29, 0.717) is 12.2 Å². The predicted octanol–water partition coefficient (Wildman–Crippen LogP) is 4.75. The molecule has 0 spiro atoms. The van der Waals surface area contributed by atoms with E-state index in [0.717, 1.165) is 11.1 Å². The van der Waals surface area contributed by atoms with Gasteiger partial charge in [0.25, 0.3) is 0 Å². The first-order chi connectivity index (χ1) is 11.2. The summed E-state index contributed by atoms with van der Waals surface area (Å²) in [6, 6.07) is 11.3. The lowest BCUT2D eigenvalue weighted by molar-refractivity contribution is -0.274. The Bertz CT molecular complexity index is 731. The van der Waals surface area contributed by atoms with Crippen LogP contribution in [0.2, 0.25) is 0 Å². The van der Waals surface area contributed by atoms with Crippen molar-refractivity contribution in [1.29, 1.82) is 0 Å². The van der Waals surface area contributed by atoms with Gasteiger partial charge in [0.1, 0.15) is 5.75 Å². The maximum absolute atomic E-state index is 12.1. The molecule has 0 aliphatic heterocycles. The number of alkyl halides is 3. The first kappa shape index (κ1) is 21.1. The standard InChI is InChI=1S/C17H18F3N3O.HI/c1-11-3-4-13(12(2)9-11)10-22-16(21)23-14-5-7-15(8-6-14)24-17(18,19)20;/h3-9H,10H2,1-2H3,(H3,21,22,23);1H. The Labute approximate surface area is 161 Å². The molecule has 0 aliphatic carbocycles. The van der Waals surface area contributed by atoms with E-state index in [9.17, 15) is 13.2 Å². The summed E-state index contributed by atoms with van der Waals surface area (Å²) in [5.74, 6) is -0.113. The average Bonchev–Trinajstić information content (AvgIpc) is 2.47. The van der Waals surface area contributed by atoms with Crippen molar-refractivity contribution < 1.29 is 17.9 Å². The van der Waals surface area contributed by atoms with Crippen LogP contribution in [-0.2, 0) is 6.54 Å². The van der Waals surface area contributed by atoms with Crippen molar-refractivity contribution in [1.82, 2.24) is 0 Å². The molecule has 0 saturated heterocycles. The van der Waals surface area contributed by atoms with Crippen LogP contribution in [0.4, 0.5) is 18.9 Å². The van der Waals surface area contributed by atoms with E-state index < -0.39 is 6.36 Å². The van der Waals surface area contributed by atoms with E-state index in [1.165, 1.54) is 29.8 Å². The second-order valence-electron chi connectivity index (χ2n) is 5.33. The number of nitrogens with zero attached hydrogens (tertiary/aromatic N) is 1. The number of anilines is 1. The summed E-state index contributed by atoms with van der Waals surface area (Å²) in [5, 5.41) is 2.82. The highest BCUT2D eigenvalue weighted by Gasteiger charge is 2.30. The van der Waals surface area contributed by atoms with Gasteiger partial charge in [0.05, 0.1) is 6.54 Å². The zero-order valence-corrected chi connectivity index (χ0v) is 16.1. The molecule has 8 heteroatoms. The Hall–Kier alpha value is -1.97. The van der Waals surface area contributed by atoms with Crippen LogP contribution >= 0.6 is 24.0 Å². The summed E-state index contributed by atoms with van der Waals surface area (Å²) >= 11 is 0. The van der Waals surface area contributed by atoms with Gasteiger partial charge >= 0.3 is 6.36 Å². The predicted molar refractivity (Wildman–Crippen MR) is 103 cm³/mol. The lowest BCUT2D eigenvalue weighted by Crippen LogP contribution is -2.22. The topological polar surface area (TPSA) is 59.6 Å². The van der Waals surface area contributed by atoms with Gasteiger partial charge in [-0.2, -0.15) is 0 Å². The quantitative estimate of drug-likeness (QED) is 0.390. The molecule has 0 aliphatic rings. The smallest absolute Gasteiger partial charge is 0.406 e. The number of halogens is 4. The van der Waals surface area contributed by atoms with E-state index in [1.54, 1.807) is 0 Å². The third-order valence-corrected chi connectivity index (χ3v) is 3.28. The van der Waals surface area contributed by atoms with Gasteiger partial charge in [0.2, 0.25) is 0 Å². The summed E-state index contributed by atoms with van der Waals surface area (Å²) in [6.45, 7) is 4.43. The number of guanidine groups is 1. The molecule has 4 nitrogen and oxygen atoms in total. The molecule has 0 bridgehead atoms. The zero-order valence-electron chi connectivity index (χ0n) is 13.7. The normalized spacial score (nSPS) is 11.6. The van der Waals surface area contributed by atoms with Crippen LogP contribution in [0.15, 0.2) is 47.5 Å². The number of hydrogen-bond acceptors (Lipinski definition) is 2.